The van der Waals surface area contributed by atoms with Crippen LogP contribution in [0, 0.1) is 0 Å². The number of hydrogen-bond donors (Lipinski definition) is 1. The molecule has 88 valence electrons. The van der Waals surface area contributed by atoms with Gasteiger partial charge in [0.2, 0.25) is 0 Å². The van der Waals surface area contributed by atoms with E-state index in [2.05, 4.69) is 10.1 Å². The van der Waals surface area contributed by atoms with Gasteiger partial charge < -0.3 is 10.1 Å². The second kappa shape index (κ2) is 6.40. The summed E-state index contributed by atoms with van der Waals surface area (Å²) >= 11 is 1.38. The summed E-state index contributed by atoms with van der Waals surface area (Å²) in [5.74, 6) is -0.432. The molecule has 4 nitrogen and oxygen atoms in total. The van der Waals surface area contributed by atoms with Gasteiger partial charge in [0.05, 0.1) is 24.4 Å². The Balaban J connectivity index is 2.69. The van der Waals surface area contributed by atoms with Gasteiger partial charge in [-0.25, -0.2) is 0 Å². The van der Waals surface area contributed by atoms with E-state index in [1.807, 2.05) is 18.4 Å². The number of carbonyl (C=O) groups excluding carboxylic acids is 2. The third-order valence-electron chi connectivity index (χ3n) is 2.13. The van der Waals surface area contributed by atoms with Gasteiger partial charge in [-0.3, -0.25) is 9.59 Å². The third-order valence-corrected chi connectivity index (χ3v) is 3.01. The molecule has 1 aromatic heterocycles. The van der Waals surface area contributed by atoms with E-state index in [-0.39, 0.29) is 18.2 Å². The lowest BCUT2D eigenvalue weighted by Crippen LogP contribution is -2.38. The average molecular weight is 241 g/mol. The Morgan fingerprint density at radius 1 is 1.56 bits per heavy atom. The molecule has 1 atom stereocenters. The highest BCUT2D eigenvalue weighted by Crippen LogP contribution is 2.13. The summed E-state index contributed by atoms with van der Waals surface area (Å²) in [5.41, 5.74) is 0. The van der Waals surface area contributed by atoms with E-state index in [0.29, 0.717) is 11.4 Å². The van der Waals surface area contributed by atoms with Gasteiger partial charge in [0, 0.05) is 0 Å². The summed E-state index contributed by atoms with van der Waals surface area (Å²) in [5, 5.41) is 4.83. The predicted octanol–water partition coefficient (Wildman–Crippen LogP) is 1.47. The molecule has 5 heteroatoms. The number of ether oxygens (including phenoxy) is 1. The summed E-state index contributed by atoms with van der Waals surface area (Å²) in [6.45, 7) is 2.53. The monoisotopic (exact) mass is 241 g/mol. The van der Waals surface area contributed by atoms with E-state index >= 15 is 0 Å². The number of likely N-dealkylation sites (N-methyl/N-ethyl adjacent to an activating group) is 1. The molecule has 0 aromatic carbocycles. The second-order valence-corrected chi connectivity index (χ2v) is 4.18. The Hall–Kier alpha value is -1.20. The van der Waals surface area contributed by atoms with E-state index in [1.165, 1.54) is 18.4 Å². The fourth-order valence-electron chi connectivity index (χ4n) is 1.34. The third kappa shape index (κ3) is 3.43. The summed E-state index contributed by atoms with van der Waals surface area (Å²) < 4.78 is 4.57. The van der Waals surface area contributed by atoms with Gasteiger partial charge in [-0.1, -0.05) is 13.0 Å². The lowest BCUT2D eigenvalue weighted by Gasteiger charge is -2.14. The highest BCUT2D eigenvalue weighted by Gasteiger charge is 2.23. The summed E-state index contributed by atoms with van der Waals surface area (Å²) in [4.78, 5) is 23.8. The zero-order chi connectivity index (χ0) is 12.0. The lowest BCUT2D eigenvalue weighted by atomic mass is 10.1. The SMILES string of the molecule is CCNC(CC(=O)OC)C(=O)c1cccs1. The van der Waals surface area contributed by atoms with Crippen molar-refractivity contribution in [3.8, 4) is 0 Å². The Bertz CT molecular complexity index is 348. The van der Waals surface area contributed by atoms with Gasteiger partial charge in [-0.05, 0) is 18.0 Å². The number of ketones is 1. The summed E-state index contributed by atoms with van der Waals surface area (Å²) in [6, 6.07) is 3.09. The number of carbonyl (C=O) groups is 2. The van der Waals surface area contributed by atoms with Crippen LogP contribution >= 0.6 is 11.3 Å². The van der Waals surface area contributed by atoms with Crippen molar-refractivity contribution in [3.05, 3.63) is 22.4 Å². The van der Waals surface area contributed by atoms with Crippen molar-refractivity contribution in [1.82, 2.24) is 5.32 Å². The minimum atomic E-state index is -0.490. The van der Waals surface area contributed by atoms with Crippen molar-refractivity contribution in [1.29, 1.82) is 0 Å². The average Bonchev–Trinajstić information content (AvgIpc) is 2.80. The van der Waals surface area contributed by atoms with E-state index in [0.717, 1.165) is 0 Å². The molecule has 0 spiro atoms. The van der Waals surface area contributed by atoms with Crippen LogP contribution in [0.4, 0.5) is 0 Å². The molecule has 1 unspecified atom stereocenters. The Morgan fingerprint density at radius 3 is 2.81 bits per heavy atom. The number of methoxy groups -OCH3 is 1. The van der Waals surface area contributed by atoms with Crippen molar-refractivity contribution in [2.75, 3.05) is 13.7 Å². The van der Waals surface area contributed by atoms with Crippen molar-refractivity contribution in [2.24, 2.45) is 0 Å². The topological polar surface area (TPSA) is 55.4 Å². The summed E-state index contributed by atoms with van der Waals surface area (Å²) in [7, 11) is 1.32. The smallest absolute Gasteiger partial charge is 0.307 e. The molecular weight excluding hydrogens is 226 g/mol. The molecule has 1 N–H and O–H groups in total. The second-order valence-electron chi connectivity index (χ2n) is 3.23. The van der Waals surface area contributed by atoms with Crippen LogP contribution in [-0.2, 0) is 9.53 Å². The predicted molar refractivity (Wildman–Crippen MR) is 62.7 cm³/mol. The molecule has 0 aliphatic carbocycles. The molecule has 0 fully saturated rings. The van der Waals surface area contributed by atoms with Gasteiger partial charge >= 0.3 is 5.97 Å². The number of nitrogens with one attached hydrogen (secondary N) is 1. The first kappa shape index (κ1) is 12.9. The van der Waals surface area contributed by atoms with Crippen LogP contribution in [0.15, 0.2) is 17.5 Å². The van der Waals surface area contributed by atoms with Gasteiger partial charge in [-0.15, -0.1) is 11.3 Å². The number of hydrogen-bond acceptors (Lipinski definition) is 5. The molecule has 0 aliphatic heterocycles. The van der Waals surface area contributed by atoms with Crippen LogP contribution in [-0.4, -0.2) is 31.4 Å². The molecule has 1 heterocycles. The van der Waals surface area contributed by atoms with E-state index < -0.39 is 6.04 Å². The molecule has 0 bridgehead atoms. The number of Topliss-reactive ketones (excluding diaryl/α,β-unsaturated/α-hetero) is 1. The Kier molecular flexibility index (Phi) is 5.14. The molecule has 0 radical (unpaired) electrons. The molecule has 0 saturated carbocycles. The summed E-state index contributed by atoms with van der Waals surface area (Å²) in [6.07, 6.45) is 0.0705. The van der Waals surface area contributed by atoms with Crippen LogP contribution < -0.4 is 5.32 Å². The van der Waals surface area contributed by atoms with Crippen LogP contribution in [0.25, 0.3) is 0 Å². The first-order valence-corrected chi connectivity index (χ1v) is 5.95. The van der Waals surface area contributed by atoms with Crippen LogP contribution in [0.5, 0.6) is 0 Å². The van der Waals surface area contributed by atoms with E-state index in [1.54, 1.807) is 6.07 Å². The van der Waals surface area contributed by atoms with Crippen molar-refractivity contribution in [2.45, 2.75) is 19.4 Å². The van der Waals surface area contributed by atoms with Crippen molar-refractivity contribution >= 4 is 23.1 Å². The molecule has 0 saturated heterocycles. The van der Waals surface area contributed by atoms with Crippen LogP contribution in [0.1, 0.15) is 23.0 Å². The standard InChI is InChI=1S/C11H15NO3S/c1-3-12-8(7-10(13)15-2)11(14)9-5-4-6-16-9/h4-6,8,12H,3,7H2,1-2H3. The lowest BCUT2D eigenvalue weighted by molar-refractivity contribution is -0.140. The highest BCUT2D eigenvalue weighted by molar-refractivity contribution is 7.12. The maximum atomic E-state index is 12.0. The highest BCUT2D eigenvalue weighted by atomic mass is 32.1. The van der Waals surface area contributed by atoms with Gasteiger partial charge in [0.1, 0.15) is 0 Å². The van der Waals surface area contributed by atoms with Crippen molar-refractivity contribution in [3.63, 3.8) is 0 Å². The van der Waals surface area contributed by atoms with Crippen LogP contribution in [0.3, 0.4) is 0 Å². The van der Waals surface area contributed by atoms with Crippen molar-refractivity contribution < 1.29 is 14.3 Å². The van der Waals surface area contributed by atoms with E-state index in [9.17, 15) is 9.59 Å². The maximum absolute atomic E-state index is 12.0. The fourth-order valence-corrected chi connectivity index (χ4v) is 2.06. The number of rotatable bonds is 6. The normalized spacial score (nSPS) is 12.1. The quantitative estimate of drug-likeness (QED) is 0.605. The molecule has 0 amide bonds. The van der Waals surface area contributed by atoms with Crippen LogP contribution in [0.2, 0.25) is 0 Å². The molecule has 1 rings (SSSR count). The maximum Gasteiger partial charge on any atom is 0.307 e. The molecule has 1 aromatic rings. The van der Waals surface area contributed by atoms with E-state index in [4.69, 9.17) is 0 Å². The van der Waals surface area contributed by atoms with Gasteiger partial charge in [0.25, 0.3) is 0 Å². The molecule has 16 heavy (non-hydrogen) atoms. The largest absolute Gasteiger partial charge is 0.469 e. The minimum absolute atomic E-state index is 0.0535. The van der Waals surface area contributed by atoms with Gasteiger partial charge in [0.15, 0.2) is 5.78 Å². The molecular formula is C11H15NO3S. The Labute approximate surface area is 98.6 Å². The first-order valence-electron chi connectivity index (χ1n) is 5.07. The first-order chi connectivity index (χ1) is 7.69. The Morgan fingerprint density at radius 2 is 2.31 bits per heavy atom. The number of thiophene rings is 1. The zero-order valence-electron chi connectivity index (χ0n) is 9.36. The van der Waals surface area contributed by atoms with Gasteiger partial charge in [-0.2, -0.15) is 0 Å². The molecule has 0 aliphatic rings. The minimum Gasteiger partial charge on any atom is -0.469 e. The number of esters is 1. The fraction of sp³-hybridized carbons (Fsp3) is 0.455. The zero-order valence-corrected chi connectivity index (χ0v) is 10.2.